The van der Waals surface area contributed by atoms with E-state index in [1.54, 1.807) is 6.92 Å². The Hall–Kier alpha value is -0.180. The fraction of sp³-hybridized carbons (Fsp3) is 0.857. The van der Waals surface area contributed by atoms with E-state index < -0.39 is 7.60 Å². The molecule has 5 heteroatoms. The van der Waals surface area contributed by atoms with Gasteiger partial charge in [0.15, 0.2) is 0 Å². The summed E-state index contributed by atoms with van der Waals surface area (Å²) in [5.41, 5.74) is 0. The van der Waals surface area contributed by atoms with Crippen LogP contribution in [0.4, 0.5) is 0 Å². The van der Waals surface area contributed by atoms with Gasteiger partial charge in [-0.25, -0.2) is 0 Å². The molecule has 4 nitrogen and oxygen atoms in total. The maximum atomic E-state index is 10.5. The fourth-order valence-corrected chi connectivity index (χ4v) is 2.04. The highest BCUT2D eigenvalue weighted by Gasteiger charge is 2.17. The highest BCUT2D eigenvalue weighted by Crippen LogP contribution is 2.37. The summed E-state index contributed by atoms with van der Waals surface area (Å²) in [6.07, 6.45) is 2.63. The molecule has 0 rings (SSSR count). The van der Waals surface area contributed by atoms with Gasteiger partial charge in [0, 0.05) is 6.42 Å². The number of aldehydes is 1. The van der Waals surface area contributed by atoms with Gasteiger partial charge in [-0.15, -0.1) is 0 Å². The molecule has 0 saturated heterocycles. The Kier molecular flexibility index (Phi) is 5.38. The molecule has 0 aliphatic heterocycles. The topological polar surface area (TPSA) is 74.6 Å². The third-order valence-electron chi connectivity index (χ3n) is 1.57. The number of carbonyl (C=O) groups excluding carboxylic acids is 1. The molecule has 0 aliphatic rings. The van der Waals surface area contributed by atoms with Crippen molar-refractivity contribution in [3.05, 3.63) is 0 Å². The van der Waals surface area contributed by atoms with Crippen LogP contribution in [0.3, 0.4) is 0 Å². The Labute approximate surface area is 72.1 Å². The molecule has 0 bridgehead atoms. The van der Waals surface area contributed by atoms with Gasteiger partial charge in [-0.2, -0.15) is 0 Å². The minimum atomic E-state index is -3.86. The predicted octanol–water partition coefficient (Wildman–Crippen LogP) is 1.17. The summed E-state index contributed by atoms with van der Waals surface area (Å²) in [4.78, 5) is 27.1. The maximum absolute atomic E-state index is 10.5. The lowest BCUT2D eigenvalue weighted by Crippen LogP contribution is -2.02. The van der Waals surface area contributed by atoms with Gasteiger partial charge in [-0.05, 0) is 18.8 Å². The normalized spacial score (nSPS) is 14.2. The highest BCUT2D eigenvalue weighted by molar-refractivity contribution is 7.51. The van der Waals surface area contributed by atoms with E-state index in [1.165, 1.54) is 0 Å². The smallest absolute Gasteiger partial charge is 0.324 e. The van der Waals surface area contributed by atoms with Gasteiger partial charge in [0.25, 0.3) is 0 Å². The first-order chi connectivity index (χ1) is 5.45. The first-order valence-corrected chi connectivity index (χ1v) is 5.73. The first kappa shape index (κ1) is 11.8. The number of hydrogen-bond acceptors (Lipinski definition) is 2. The second-order valence-corrected chi connectivity index (χ2v) is 4.74. The lowest BCUT2D eigenvalue weighted by Gasteiger charge is -2.10. The molecule has 0 spiro atoms. The van der Waals surface area contributed by atoms with Crippen molar-refractivity contribution in [2.75, 3.05) is 6.16 Å². The summed E-state index contributed by atoms with van der Waals surface area (Å²) in [7, 11) is -3.86. The zero-order chi connectivity index (χ0) is 9.61. The summed E-state index contributed by atoms with van der Waals surface area (Å²) >= 11 is 0. The average Bonchev–Trinajstić information content (AvgIpc) is 1.84. The molecule has 0 heterocycles. The van der Waals surface area contributed by atoms with Crippen LogP contribution in [0.1, 0.15) is 26.2 Å². The fourth-order valence-electron chi connectivity index (χ4n) is 1.05. The van der Waals surface area contributed by atoms with Gasteiger partial charge in [-0.1, -0.05) is 6.92 Å². The standard InChI is InChI=1S/C7H15O4P/c1-7(4-2-3-5-8)6-12(9,10)11/h5,7H,2-4,6H2,1H3,(H2,9,10,11). The van der Waals surface area contributed by atoms with E-state index in [0.29, 0.717) is 19.3 Å². The van der Waals surface area contributed by atoms with Gasteiger partial charge in [0.2, 0.25) is 0 Å². The molecule has 0 radical (unpaired) electrons. The van der Waals surface area contributed by atoms with Crippen molar-refractivity contribution < 1.29 is 19.1 Å². The third kappa shape index (κ3) is 7.92. The predicted molar refractivity (Wildman–Crippen MR) is 46.0 cm³/mol. The van der Waals surface area contributed by atoms with E-state index in [-0.39, 0.29) is 12.1 Å². The van der Waals surface area contributed by atoms with Gasteiger partial charge in [-0.3, -0.25) is 4.57 Å². The summed E-state index contributed by atoms with van der Waals surface area (Å²) in [6, 6.07) is 0. The molecule has 0 aliphatic carbocycles. The second-order valence-electron chi connectivity index (χ2n) is 3.05. The molecule has 12 heavy (non-hydrogen) atoms. The van der Waals surface area contributed by atoms with Crippen LogP contribution in [0.15, 0.2) is 0 Å². The third-order valence-corrected chi connectivity index (χ3v) is 2.67. The zero-order valence-corrected chi connectivity index (χ0v) is 8.04. The van der Waals surface area contributed by atoms with Crippen molar-refractivity contribution in [1.29, 1.82) is 0 Å². The van der Waals surface area contributed by atoms with E-state index in [9.17, 15) is 9.36 Å². The molecular weight excluding hydrogens is 179 g/mol. The van der Waals surface area contributed by atoms with Gasteiger partial charge >= 0.3 is 7.60 Å². The highest BCUT2D eigenvalue weighted by atomic mass is 31.2. The van der Waals surface area contributed by atoms with Crippen LogP contribution in [-0.4, -0.2) is 22.2 Å². The number of carbonyl (C=O) groups is 1. The summed E-state index contributed by atoms with van der Waals surface area (Å²) < 4.78 is 10.5. The van der Waals surface area contributed by atoms with Gasteiger partial charge < -0.3 is 14.6 Å². The van der Waals surface area contributed by atoms with E-state index in [1.807, 2.05) is 0 Å². The maximum Gasteiger partial charge on any atom is 0.325 e. The summed E-state index contributed by atoms with van der Waals surface area (Å²) in [5.74, 6) is -0.00853. The van der Waals surface area contributed by atoms with Gasteiger partial charge in [0.05, 0.1) is 6.16 Å². The lowest BCUT2D eigenvalue weighted by molar-refractivity contribution is -0.107. The minimum Gasteiger partial charge on any atom is -0.324 e. The SMILES string of the molecule is CC(CCCC=O)CP(=O)(O)O. The molecular formula is C7H15O4P. The Morgan fingerprint density at radius 3 is 2.50 bits per heavy atom. The van der Waals surface area contributed by atoms with Crippen LogP contribution in [0.25, 0.3) is 0 Å². The number of unbranched alkanes of at least 4 members (excludes halogenated alkanes) is 1. The van der Waals surface area contributed by atoms with E-state index in [2.05, 4.69) is 0 Å². The van der Waals surface area contributed by atoms with Crippen molar-refractivity contribution in [3.63, 3.8) is 0 Å². The minimum absolute atomic E-state index is 0.00853. The molecule has 0 aromatic heterocycles. The van der Waals surface area contributed by atoms with Crippen LogP contribution in [0.5, 0.6) is 0 Å². The molecule has 1 unspecified atom stereocenters. The quantitative estimate of drug-likeness (QED) is 0.378. The average molecular weight is 194 g/mol. The molecule has 0 amide bonds. The Morgan fingerprint density at radius 2 is 2.08 bits per heavy atom. The van der Waals surface area contributed by atoms with Crippen LogP contribution in [0, 0.1) is 5.92 Å². The monoisotopic (exact) mass is 194 g/mol. The van der Waals surface area contributed by atoms with Crippen LogP contribution < -0.4 is 0 Å². The van der Waals surface area contributed by atoms with Crippen molar-refractivity contribution >= 4 is 13.9 Å². The first-order valence-electron chi connectivity index (χ1n) is 3.94. The molecule has 1 atom stereocenters. The van der Waals surface area contributed by atoms with Crippen LogP contribution in [0.2, 0.25) is 0 Å². The molecule has 0 aromatic carbocycles. The van der Waals surface area contributed by atoms with E-state index >= 15 is 0 Å². The van der Waals surface area contributed by atoms with Crippen LogP contribution >= 0.6 is 7.60 Å². The summed E-state index contributed by atoms with van der Waals surface area (Å²) in [5, 5.41) is 0. The Bertz CT molecular complexity index is 174. The molecule has 2 N–H and O–H groups in total. The lowest BCUT2D eigenvalue weighted by atomic mass is 10.1. The largest absolute Gasteiger partial charge is 0.325 e. The molecule has 0 aromatic rings. The van der Waals surface area contributed by atoms with Crippen molar-refractivity contribution in [3.8, 4) is 0 Å². The number of hydrogen-bond donors (Lipinski definition) is 2. The summed E-state index contributed by atoms with van der Waals surface area (Å²) in [6.45, 7) is 1.78. The second kappa shape index (κ2) is 5.46. The Balaban J connectivity index is 3.53. The van der Waals surface area contributed by atoms with Crippen LogP contribution in [-0.2, 0) is 9.36 Å². The van der Waals surface area contributed by atoms with E-state index in [4.69, 9.17) is 9.79 Å². The molecule has 0 saturated carbocycles. The number of rotatable bonds is 6. The molecule has 0 fully saturated rings. The van der Waals surface area contributed by atoms with Crippen molar-refractivity contribution in [2.24, 2.45) is 5.92 Å². The zero-order valence-electron chi connectivity index (χ0n) is 7.14. The molecule has 72 valence electrons. The van der Waals surface area contributed by atoms with Gasteiger partial charge in [0.1, 0.15) is 6.29 Å². The van der Waals surface area contributed by atoms with E-state index in [0.717, 1.165) is 6.29 Å². The Morgan fingerprint density at radius 1 is 1.50 bits per heavy atom. The van der Waals surface area contributed by atoms with Crippen molar-refractivity contribution in [1.82, 2.24) is 0 Å². The van der Waals surface area contributed by atoms with Crippen molar-refractivity contribution in [2.45, 2.75) is 26.2 Å².